The first-order chi connectivity index (χ1) is 7.95. The molecule has 1 aliphatic heterocycles. The second kappa shape index (κ2) is 6.73. The van der Waals surface area contributed by atoms with Crippen molar-refractivity contribution in [2.45, 2.75) is 0 Å². The Balaban J connectivity index is 0.000000810. The minimum absolute atomic E-state index is 0. The molecule has 98 valence electrons. The smallest absolute Gasteiger partial charge is 0.155 e. The lowest BCUT2D eigenvalue weighted by molar-refractivity contribution is 0.586. The van der Waals surface area contributed by atoms with Crippen LogP contribution in [-0.4, -0.2) is 36.1 Å². The first kappa shape index (κ1) is 15.0. The molecule has 0 spiro atoms. The van der Waals surface area contributed by atoms with Crippen LogP contribution < -0.4 is 10.2 Å². The van der Waals surface area contributed by atoms with Crippen LogP contribution in [0.15, 0.2) is 30.6 Å². The molecule has 0 atom stereocenters. The first-order valence-electron chi connectivity index (χ1n) is 5.60. The molecule has 0 bridgehead atoms. The maximum absolute atomic E-state index is 4.47. The van der Waals surface area contributed by atoms with Gasteiger partial charge in [0.25, 0.3) is 0 Å². The number of nitrogens with one attached hydrogen (secondary N) is 1. The molecular weight excluding hydrogens is 271 g/mol. The predicted octanol–water partition coefficient (Wildman–Crippen LogP) is 1.88. The number of halogens is 2. The number of hydrogen-bond donors (Lipinski definition) is 1. The van der Waals surface area contributed by atoms with E-state index >= 15 is 0 Å². The summed E-state index contributed by atoms with van der Waals surface area (Å²) in [6.07, 6.45) is 3.69. The molecule has 3 heterocycles. The zero-order valence-electron chi connectivity index (χ0n) is 9.87. The summed E-state index contributed by atoms with van der Waals surface area (Å²) in [7, 11) is 0. The Labute approximate surface area is 119 Å². The summed E-state index contributed by atoms with van der Waals surface area (Å²) < 4.78 is 0. The number of aromatic nitrogens is 2. The van der Waals surface area contributed by atoms with Gasteiger partial charge in [-0.1, -0.05) is 6.07 Å². The van der Waals surface area contributed by atoms with E-state index < -0.39 is 0 Å². The molecule has 0 radical (unpaired) electrons. The number of piperazine rings is 1. The summed E-state index contributed by atoms with van der Waals surface area (Å²) in [4.78, 5) is 11.2. The molecule has 6 heteroatoms. The van der Waals surface area contributed by atoms with Crippen LogP contribution in [0.2, 0.25) is 0 Å². The van der Waals surface area contributed by atoms with E-state index in [9.17, 15) is 0 Å². The van der Waals surface area contributed by atoms with Gasteiger partial charge in [0, 0.05) is 44.0 Å². The molecule has 2 aromatic heterocycles. The van der Waals surface area contributed by atoms with Crippen molar-refractivity contribution in [2.24, 2.45) is 0 Å². The number of nitrogens with zero attached hydrogens (tertiary/aromatic N) is 3. The molecule has 1 fully saturated rings. The van der Waals surface area contributed by atoms with E-state index in [1.165, 1.54) is 0 Å². The van der Waals surface area contributed by atoms with Crippen LogP contribution in [0.3, 0.4) is 0 Å². The number of anilines is 1. The summed E-state index contributed by atoms with van der Waals surface area (Å²) in [5.41, 5.74) is 1.01. The van der Waals surface area contributed by atoms with Crippen molar-refractivity contribution in [3.05, 3.63) is 30.6 Å². The van der Waals surface area contributed by atoms with Gasteiger partial charge in [-0.05, 0) is 12.1 Å². The van der Waals surface area contributed by atoms with E-state index in [1.54, 1.807) is 0 Å². The maximum Gasteiger partial charge on any atom is 0.155 e. The van der Waals surface area contributed by atoms with Crippen LogP contribution >= 0.6 is 24.8 Å². The summed E-state index contributed by atoms with van der Waals surface area (Å²) in [6.45, 7) is 4.04. The van der Waals surface area contributed by atoms with Crippen molar-refractivity contribution >= 4 is 41.5 Å². The highest BCUT2D eigenvalue weighted by Gasteiger charge is 2.14. The average Bonchev–Trinajstić information content (AvgIpc) is 2.39. The van der Waals surface area contributed by atoms with Crippen LogP contribution in [0, 0.1) is 0 Å². The summed E-state index contributed by atoms with van der Waals surface area (Å²) in [5, 5.41) is 4.50. The van der Waals surface area contributed by atoms with Gasteiger partial charge in [-0.15, -0.1) is 24.8 Å². The number of fused-ring (bicyclic) bond motifs is 1. The fourth-order valence-electron chi connectivity index (χ4n) is 2.10. The van der Waals surface area contributed by atoms with Gasteiger partial charge in [-0.25, -0.2) is 4.98 Å². The molecule has 1 N–H and O–H groups in total. The fourth-order valence-corrected chi connectivity index (χ4v) is 2.10. The highest BCUT2D eigenvalue weighted by Crippen LogP contribution is 2.21. The van der Waals surface area contributed by atoms with Crippen LogP contribution in [0.1, 0.15) is 0 Å². The molecule has 4 nitrogen and oxygen atoms in total. The van der Waals surface area contributed by atoms with Crippen molar-refractivity contribution in [2.75, 3.05) is 31.1 Å². The van der Waals surface area contributed by atoms with Gasteiger partial charge in [-0.2, -0.15) is 0 Å². The highest BCUT2D eigenvalue weighted by molar-refractivity contribution is 5.88. The third-order valence-electron chi connectivity index (χ3n) is 2.92. The van der Waals surface area contributed by atoms with E-state index in [0.29, 0.717) is 0 Å². The molecule has 18 heavy (non-hydrogen) atoms. The van der Waals surface area contributed by atoms with Gasteiger partial charge < -0.3 is 10.2 Å². The Morgan fingerprint density at radius 1 is 1.00 bits per heavy atom. The Hall–Kier alpha value is -1.10. The lowest BCUT2D eigenvalue weighted by atomic mass is 10.2. The zero-order chi connectivity index (χ0) is 10.8. The number of pyridine rings is 2. The average molecular weight is 287 g/mol. The lowest BCUT2D eigenvalue weighted by Gasteiger charge is -2.28. The Kier molecular flexibility index (Phi) is 5.59. The van der Waals surface area contributed by atoms with Crippen molar-refractivity contribution in [3.8, 4) is 0 Å². The minimum Gasteiger partial charge on any atom is -0.352 e. The van der Waals surface area contributed by atoms with Crippen LogP contribution in [0.25, 0.3) is 10.9 Å². The monoisotopic (exact) mass is 286 g/mol. The number of rotatable bonds is 1. The Morgan fingerprint density at radius 2 is 1.78 bits per heavy atom. The molecule has 3 rings (SSSR count). The molecule has 1 aliphatic rings. The van der Waals surface area contributed by atoms with E-state index in [4.69, 9.17) is 0 Å². The standard InChI is InChI=1S/C12H14N4.2ClH/c1-2-10-3-5-15-12(11(10)14-4-1)16-8-6-13-7-9-16;;/h1-5,13H,6-9H2;2*1H. The van der Waals surface area contributed by atoms with Gasteiger partial charge >= 0.3 is 0 Å². The topological polar surface area (TPSA) is 41.1 Å². The maximum atomic E-state index is 4.47. The molecule has 0 amide bonds. The van der Waals surface area contributed by atoms with E-state index in [2.05, 4.69) is 26.3 Å². The molecule has 0 unspecified atom stereocenters. The SMILES string of the molecule is Cl.Cl.c1cnc2c(N3CCNCC3)nccc2c1. The molecule has 0 aromatic carbocycles. The molecular formula is C12H16Cl2N4. The van der Waals surface area contributed by atoms with Crippen LogP contribution in [0.4, 0.5) is 5.82 Å². The third kappa shape index (κ3) is 2.83. The van der Waals surface area contributed by atoms with Gasteiger partial charge in [0.05, 0.1) is 0 Å². The summed E-state index contributed by atoms with van der Waals surface area (Å²) in [6, 6.07) is 6.05. The van der Waals surface area contributed by atoms with Crippen molar-refractivity contribution in [1.29, 1.82) is 0 Å². The Morgan fingerprint density at radius 3 is 2.56 bits per heavy atom. The minimum atomic E-state index is 0. The lowest BCUT2D eigenvalue weighted by Crippen LogP contribution is -2.44. The summed E-state index contributed by atoms with van der Waals surface area (Å²) in [5.74, 6) is 1.01. The fraction of sp³-hybridized carbons (Fsp3) is 0.333. The quantitative estimate of drug-likeness (QED) is 0.869. The highest BCUT2D eigenvalue weighted by atomic mass is 35.5. The van der Waals surface area contributed by atoms with E-state index in [-0.39, 0.29) is 24.8 Å². The second-order valence-electron chi connectivity index (χ2n) is 3.95. The van der Waals surface area contributed by atoms with Crippen LogP contribution in [0.5, 0.6) is 0 Å². The van der Waals surface area contributed by atoms with Crippen molar-refractivity contribution < 1.29 is 0 Å². The Bertz CT molecular complexity index is 495. The predicted molar refractivity (Wildman–Crippen MR) is 79.1 cm³/mol. The van der Waals surface area contributed by atoms with Gasteiger partial charge in [0.15, 0.2) is 5.82 Å². The summed E-state index contributed by atoms with van der Waals surface area (Å²) >= 11 is 0. The molecule has 1 saturated heterocycles. The number of hydrogen-bond acceptors (Lipinski definition) is 4. The molecule has 0 aliphatic carbocycles. The van der Waals surface area contributed by atoms with Gasteiger partial charge in [0.1, 0.15) is 5.52 Å². The first-order valence-corrected chi connectivity index (χ1v) is 5.60. The normalized spacial score (nSPS) is 14.8. The third-order valence-corrected chi connectivity index (χ3v) is 2.92. The van der Waals surface area contributed by atoms with E-state index in [0.717, 1.165) is 42.9 Å². The van der Waals surface area contributed by atoms with Gasteiger partial charge in [0.2, 0.25) is 0 Å². The van der Waals surface area contributed by atoms with E-state index in [1.807, 2.05) is 24.5 Å². The van der Waals surface area contributed by atoms with Gasteiger partial charge in [-0.3, -0.25) is 4.98 Å². The molecule has 0 saturated carbocycles. The second-order valence-corrected chi connectivity index (χ2v) is 3.95. The van der Waals surface area contributed by atoms with Crippen LogP contribution in [-0.2, 0) is 0 Å². The molecule has 2 aromatic rings. The van der Waals surface area contributed by atoms with Crippen molar-refractivity contribution in [1.82, 2.24) is 15.3 Å². The zero-order valence-corrected chi connectivity index (χ0v) is 11.5. The van der Waals surface area contributed by atoms with Crippen molar-refractivity contribution in [3.63, 3.8) is 0 Å². The largest absolute Gasteiger partial charge is 0.352 e.